The van der Waals surface area contributed by atoms with Crippen LogP contribution in [0.1, 0.15) is 19.8 Å². The van der Waals surface area contributed by atoms with E-state index in [9.17, 15) is 0 Å². The number of hydrogen-bond acceptors (Lipinski definition) is 1. The molecule has 2 heteroatoms. The summed E-state index contributed by atoms with van der Waals surface area (Å²) in [5.41, 5.74) is 0. The summed E-state index contributed by atoms with van der Waals surface area (Å²) in [5.74, 6) is 0.993. The fourth-order valence-corrected chi connectivity index (χ4v) is 1.77. The van der Waals surface area contributed by atoms with Gasteiger partial charge in [0.15, 0.2) is 0 Å². The van der Waals surface area contributed by atoms with Gasteiger partial charge in [0.25, 0.3) is 0 Å². The van der Waals surface area contributed by atoms with E-state index < -0.39 is 0 Å². The van der Waals surface area contributed by atoms with Gasteiger partial charge in [0, 0.05) is 0 Å². The molecule has 0 aliphatic rings. The Balaban J connectivity index is 2.16. The van der Waals surface area contributed by atoms with Gasteiger partial charge >= 0.3 is 9.76 Å². The SMILES string of the molecule is CCCC[Si]Oc1ccccc1. The van der Waals surface area contributed by atoms with Crippen LogP contribution in [0, 0.1) is 0 Å². The van der Waals surface area contributed by atoms with Gasteiger partial charge in [0.2, 0.25) is 0 Å². The van der Waals surface area contributed by atoms with Crippen LogP contribution >= 0.6 is 0 Å². The molecule has 1 rings (SSSR count). The monoisotopic (exact) mass is 178 g/mol. The average molecular weight is 178 g/mol. The maximum Gasteiger partial charge on any atom is 0.310 e. The molecule has 0 N–H and O–H groups in total. The summed E-state index contributed by atoms with van der Waals surface area (Å²) in [4.78, 5) is 0. The van der Waals surface area contributed by atoms with E-state index in [1.165, 1.54) is 18.9 Å². The van der Waals surface area contributed by atoms with Gasteiger partial charge in [0.1, 0.15) is 5.75 Å². The molecular formula is C10H14OSi. The lowest BCUT2D eigenvalue weighted by Crippen LogP contribution is -2.00. The number of rotatable bonds is 5. The summed E-state index contributed by atoms with van der Waals surface area (Å²) in [6, 6.07) is 11.2. The van der Waals surface area contributed by atoms with Crippen molar-refractivity contribution in [2.75, 3.05) is 0 Å². The molecule has 12 heavy (non-hydrogen) atoms. The van der Waals surface area contributed by atoms with E-state index in [0.717, 1.165) is 5.75 Å². The number of para-hydroxylation sites is 1. The van der Waals surface area contributed by atoms with Crippen molar-refractivity contribution >= 4 is 9.76 Å². The lowest BCUT2D eigenvalue weighted by molar-refractivity contribution is 0.588. The molecule has 2 radical (unpaired) electrons. The first-order valence-corrected chi connectivity index (χ1v) is 5.49. The van der Waals surface area contributed by atoms with Gasteiger partial charge in [-0.15, -0.1) is 0 Å². The Hall–Kier alpha value is -0.763. The Labute approximate surface area is 76.7 Å². The largest absolute Gasteiger partial charge is 0.541 e. The van der Waals surface area contributed by atoms with Crippen molar-refractivity contribution in [2.24, 2.45) is 0 Å². The molecule has 0 saturated carbocycles. The minimum absolute atomic E-state index is 0.616. The molecule has 0 aliphatic carbocycles. The summed E-state index contributed by atoms with van der Waals surface area (Å²) in [6.07, 6.45) is 2.52. The second-order valence-electron chi connectivity index (χ2n) is 2.66. The predicted molar refractivity (Wildman–Crippen MR) is 52.5 cm³/mol. The summed E-state index contributed by atoms with van der Waals surface area (Å²) in [5, 5.41) is 0. The van der Waals surface area contributed by atoms with Gasteiger partial charge in [-0.25, -0.2) is 0 Å². The van der Waals surface area contributed by atoms with Gasteiger partial charge in [-0.2, -0.15) is 0 Å². The first kappa shape index (κ1) is 9.33. The highest BCUT2D eigenvalue weighted by Crippen LogP contribution is 2.08. The van der Waals surface area contributed by atoms with E-state index in [1.54, 1.807) is 0 Å². The zero-order valence-corrected chi connectivity index (χ0v) is 8.42. The van der Waals surface area contributed by atoms with Gasteiger partial charge in [0.05, 0.1) is 0 Å². The van der Waals surface area contributed by atoms with Crippen molar-refractivity contribution in [3.8, 4) is 5.75 Å². The third-order valence-electron chi connectivity index (χ3n) is 1.57. The molecule has 0 aromatic heterocycles. The molecule has 0 heterocycles. The third kappa shape index (κ3) is 3.58. The highest BCUT2D eigenvalue weighted by molar-refractivity contribution is 6.28. The maximum atomic E-state index is 5.54. The fourth-order valence-electron chi connectivity index (χ4n) is 0.872. The van der Waals surface area contributed by atoms with Gasteiger partial charge in [-0.3, -0.25) is 0 Å². The molecule has 0 aliphatic heterocycles. The number of unbranched alkanes of at least 4 members (excludes halogenated alkanes) is 1. The van der Waals surface area contributed by atoms with Crippen molar-refractivity contribution in [3.63, 3.8) is 0 Å². The van der Waals surface area contributed by atoms with Crippen molar-refractivity contribution in [1.29, 1.82) is 0 Å². The molecule has 0 amide bonds. The Kier molecular flexibility index (Phi) is 4.53. The van der Waals surface area contributed by atoms with E-state index in [2.05, 4.69) is 6.92 Å². The molecule has 1 aromatic rings. The lowest BCUT2D eigenvalue weighted by atomic mass is 10.3. The minimum atomic E-state index is 0.616. The van der Waals surface area contributed by atoms with Crippen LogP contribution in [0.2, 0.25) is 6.04 Å². The van der Waals surface area contributed by atoms with Crippen LogP contribution in [0.25, 0.3) is 0 Å². The summed E-state index contributed by atoms with van der Waals surface area (Å²) in [7, 11) is 0.616. The average Bonchev–Trinajstić information content (AvgIpc) is 2.14. The van der Waals surface area contributed by atoms with Crippen molar-refractivity contribution < 1.29 is 4.43 Å². The lowest BCUT2D eigenvalue weighted by Gasteiger charge is -2.02. The van der Waals surface area contributed by atoms with Crippen molar-refractivity contribution in [1.82, 2.24) is 0 Å². The molecule has 64 valence electrons. The fraction of sp³-hybridized carbons (Fsp3) is 0.400. The Morgan fingerprint density at radius 1 is 1.25 bits per heavy atom. The quantitative estimate of drug-likeness (QED) is 0.497. The number of hydrogen-bond donors (Lipinski definition) is 0. The van der Waals surface area contributed by atoms with Gasteiger partial charge in [-0.1, -0.05) is 38.0 Å². The molecule has 0 saturated heterocycles. The summed E-state index contributed by atoms with van der Waals surface area (Å²) >= 11 is 0. The molecule has 0 bridgehead atoms. The zero-order valence-electron chi connectivity index (χ0n) is 7.42. The van der Waals surface area contributed by atoms with Crippen LogP contribution in [0.3, 0.4) is 0 Å². The molecule has 0 fully saturated rings. The molecule has 1 aromatic carbocycles. The van der Waals surface area contributed by atoms with E-state index in [4.69, 9.17) is 4.43 Å². The molecule has 0 spiro atoms. The van der Waals surface area contributed by atoms with E-state index in [1.807, 2.05) is 30.3 Å². The van der Waals surface area contributed by atoms with Crippen molar-refractivity contribution in [3.05, 3.63) is 30.3 Å². The highest BCUT2D eigenvalue weighted by atomic mass is 28.2. The first-order valence-electron chi connectivity index (χ1n) is 4.38. The first-order chi connectivity index (χ1) is 5.93. The molecule has 0 unspecified atom stereocenters. The topological polar surface area (TPSA) is 9.23 Å². The summed E-state index contributed by atoms with van der Waals surface area (Å²) < 4.78 is 5.54. The van der Waals surface area contributed by atoms with Crippen LogP contribution in [-0.2, 0) is 0 Å². The van der Waals surface area contributed by atoms with Crippen LogP contribution in [0.15, 0.2) is 30.3 Å². The Morgan fingerprint density at radius 3 is 2.67 bits per heavy atom. The van der Waals surface area contributed by atoms with Crippen LogP contribution < -0.4 is 4.43 Å². The maximum absolute atomic E-state index is 5.54. The zero-order chi connectivity index (χ0) is 8.65. The van der Waals surface area contributed by atoms with E-state index >= 15 is 0 Å². The normalized spacial score (nSPS) is 9.75. The predicted octanol–water partition coefficient (Wildman–Crippen LogP) is 2.90. The Morgan fingerprint density at radius 2 is 2.00 bits per heavy atom. The van der Waals surface area contributed by atoms with Gasteiger partial charge < -0.3 is 4.43 Å². The van der Waals surface area contributed by atoms with Crippen LogP contribution in [0.4, 0.5) is 0 Å². The minimum Gasteiger partial charge on any atom is -0.541 e. The van der Waals surface area contributed by atoms with Gasteiger partial charge in [-0.05, 0) is 18.2 Å². The smallest absolute Gasteiger partial charge is 0.310 e. The molecular weight excluding hydrogens is 164 g/mol. The summed E-state index contributed by atoms with van der Waals surface area (Å²) in [6.45, 7) is 2.20. The van der Waals surface area contributed by atoms with E-state index in [0.29, 0.717) is 9.76 Å². The van der Waals surface area contributed by atoms with Crippen molar-refractivity contribution in [2.45, 2.75) is 25.8 Å². The van der Waals surface area contributed by atoms with E-state index in [-0.39, 0.29) is 0 Å². The Bertz CT molecular complexity index is 198. The molecule has 1 nitrogen and oxygen atoms in total. The highest BCUT2D eigenvalue weighted by Gasteiger charge is 1.93. The second-order valence-corrected chi connectivity index (χ2v) is 3.66. The molecule has 0 atom stereocenters. The second kappa shape index (κ2) is 5.83. The number of benzene rings is 1. The van der Waals surface area contributed by atoms with Crippen LogP contribution in [-0.4, -0.2) is 9.76 Å². The standard InChI is InChI=1S/C10H14OSi/c1-2-3-9-12-11-10-7-5-4-6-8-10/h4-8H,2-3,9H2,1H3. The van der Waals surface area contributed by atoms with Crippen LogP contribution in [0.5, 0.6) is 5.75 Å². The third-order valence-corrected chi connectivity index (χ3v) is 2.50.